The van der Waals surface area contributed by atoms with Gasteiger partial charge in [-0.25, -0.2) is 14.8 Å². The summed E-state index contributed by atoms with van der Waals surface area (Å²) in [7, 11) is -4.30. The van der Waals surface area contributed by atoms with Crippen LogP contribution in [-0.2, 0) is 6.16 Å². The zero-order valence-electron chi connectivity index (χ0n) is 6.25. The largest absolute Gasteiger partial charge is 0.859 e. The fourth-order valence-corrected chi connectivity index (χ4v) is 1.33. The topological polar surface area (TPSA) is 135 Å². The van der Waals surface area contributed by atoms with Crippen LogP contribution in [0.15, 0.2) is 6.07 Å². The SMILES string of the molecule is [O-]c1cc(C[P+]([O-])(O)O)nc([O-])n1. The second-order valence-electron chi connectivity index (χ2n) is 2.30. The van der Waals surface area contributed by atoms with E-state index in [9.17, 15) is 15.1 Å². The highest BCUT2D eigenvalue weighted by atomic mass is 31.2. The molecule has 0 aliphatic heterocycles. The van der Waals surface area contributed by atoms with Crippen LogP contribution in [0.2, 0.25) is 0 Å². The van der Waals surface area contributed by atoms with Crippen molar-refractivity contribution in [2.75, 3.05) is 0 Å². The van der Waals surface area contributed by atoms with Gasteiger partial charge in [-0.05, 0) is 11.9 Å². The smallest absolute Gasteiger partial charge is 0.236 e. The van der Waals surface area contributed by atoms with E-state index in [0.29, 0.717) is 0 Å². The molecule has 0 amide bonds. The highest BCUT2D eigenvalue weighted by Gasteiger charge is 2.19. The fraction of sp³-hybridized carbons (Fsp3) is 0.200. The molecule has 0 bridgehead atoms. The van der Waals surface area contributed by atoms with E-state index >= 15 is 0 Å². The molecule has 0 unspecified atom stereocenters. The van der Waals surface area contributed by atoms with E-state index in [2.05, 4.69) is 9.97 Å². The lowest BCUT2D eigenvalue weighted by atomic mass is 10.4. The zero-order valence-corrected chi connectivity index (χ0v) is 7.14. The number of aromatic nitrogens is 2. The lowest BCUT2D eigenvalue weighted by Gasteiger charge is -2.17. The van der Waals surface area contributed by atoms with Crippen LogP contribution < -0.4 is 15.1 Å². The summed E-state index contributed by atoms with van der Waals surface area (Å²) in [6.07, 6.45) is -0.722. The number of rotatable bonds is 2. The molecule has 0 saturated carbocycles. The molecule has 0 aliphatic carbocycles. The molecule has 0 saturated heterocycles. The van der Waals surface area contributed by atoms with Gasteiger partial charge < -0.3 is 15.1 Å². The van der Waals surface area contributed by atoms with Crippen molar-refractivity contribution >= 4 is 7.94 Å². The standard InChI is InChI=1S/C5H7N2O5P/c8-4-1-3(2-13(10,11)12)6-5(9)7-4/h1H,2H2,(H2,10,11,12)(H2,6,7,8,9)/p-2. The quantitative estimate of drug-likeness (QED) is 0.497. The first kappa shape index (κ1) is 10.1. The highest BCUT2D eigenvalue weighted by Crippen LogP contribution is 2.42. The Labute approximate surface area is 73.6 Å². The zero-order chi connectivity index (χ0) is 10.1. The van der Waals surface area contributed by atoms with Crippen molar-refractivity contribution in [1.29, 1.82) is 0 Å². The summed E-state index contributed by atoms with van der Waals surface area (Å²) in [5.41, 5.74) is -0.238. The number of hydrogen-bond donors (Lipinski definition) is 2. The third kappa shape index (κ3) is 3.47. The van der Waals surface area contributed by atoms with Crippen LogP contribution in [-0.4, -0.2) is 19.8 Å². The summed E-state index contributed by atoms with van der Waals surface area (Å²) in [6, 6.07) is -0.212. The Morgan fingerprint density at radius 1 is 1.31 bits per heavy atom. The molecule has 13 heavy (non-hydrogen) atoms. The number of hydrogen-bond acceptors (Lipinski definition) is 7. The number of nitrogens with zero attached hydrogens (tertiary/aromatic N) is 2. The van der Waals surface area contributed by atoms with Gasteiger partial charge in [0.1, 0.15) is 6.16 Å². The molecule has 1 rings (SSSR count). The van der Waals surface area contributed by atoms with E-state index in [4.69, 9.17) is 9.79 Å². The molecule has 0 fully saturated rings. The monoisotopic (exact) mass is 204 g/mol. The lowest BCUT2D eigenvalue weighted by molar-refractivity contribution is -0.297. The van der Waals surface area contributed by atoms with E-state index in [1.54, 1.807) is 0 Å². The molecule has 1 aromatic heterocycles. The van der Waals surface area contributed by atoms with Gasteiger partial charge in [-0.2, -0.15) is 0 Å². The highest BCUT2D eigenvalue weighted by molar-refractivity contribution is 7.56. The van der Waals surface area contributed by atoms with Crippen molar-refractivity contribution in [2.45, 2.75) is 6.16 Å². The molecular formula is C5H5N2O5P-2. The van der Waals surface area contributed by atoms with Crippen molar-refractivity contribution < 1.29 is 24.9 Å². The van der Waals surface area contributed by atoms with E-state index in [1.807, 2.05) is 0 Å². The molecule has 8 heteroatoms. The summed E-state index contributed by atoms with van der Waals surface area (Å²) < 4.78 is 0. The van der Waals surface area contributed by atoms with E-state index < -0.39 is 26.0 Å². The Morgan fingerprint density at radius 2 is 1.92 bits per heavy atom. The van der Waals surface area contributed by atoms with Crippen molar-refractivity contribution in [3.8, 4) is 11.9 Å². The molecule has 72 valence electrons. The van der Waals surface area contributed by atoms with Crippen LogP contribution in [0.3, 0.4) is 0 Å². The summed E-state index contributed by atoms with van der Waals surface area (Å²) in [4.78, 5) is 33.5. The van der Waals surface area contributed by atoms with Crippen molar-refractivity contribution in [3.63, 3.8) is 0 Å². The fourth-order valence-electron chi connectivity index (χ4n) is 0.741. The Kier molecular flexibility index (Phi) is 2.63. The minimum absolute atomic E-state index is 0.238. The normalized spacial score (nSPS) is 11.6. The first-order valence-electron chi connectivity index (χ1n) is 3.13. The van der Waals surface area contributed by atoms with E-state index in [0.717, 1.165) is 6.07 Å². The predicted molar refractivity (Wildman–Crippen MR) is 36.0 cm³/mol. The Balaban J connectivity index is 2.90. The molecule has 0 aliphatic rings. The van der Waals surface area contributed by atoms with Gasteiger partial charge in [0.05, 0.1) is 11.7 Å². The third-order valence-electron chi connectivity index (χ3n) is 1.10. The summed E-state index contributed by atoms with van der Waals surface area (Å²) in [5.74, 6) is -0.844. The maximum atomic E-state index is 10.6. The van der Waals surface area contributed by atoms with Gasteiger partial charge in [-0.1, -0.05) is 0 Å². The maximum absolute atomic E-state index is 10.6. The van der Waals surface area contributed by atoms with Gasteiger partial charge >= 0.3 is 0 Å². The molecule has 0 spiro atoms. The summed E-state index contributed by atoms with van der Waals surface area (Å²) >= 11 is 0. The summed E-state index contributed by atoms with van der Waals surface area (Å²) in [5, 5.41) is 21.1. The molecule has 0 atom stereocenters. The molecule has 7 nitrogen and oxygen atoms in total. The summed E-state index contributed by atoms with van der Waals surface area (Å²) in [6.45, 7) is 0. The second kappa shape index (κ2) is 3.39. The first-order valence-corrected chi connectivity index (χ1v) is 4.93. The average Bonchev–Trinajstić information content (AvgIpc) is 1.78. The lowest BCUT2D eigenvalue weighted by Crippen LogP contribution is -2.12. The first-order chi connectivity index (χ1) is 5.87. The Bertz CT molecular complexity index is 292. The van der Waals surface area contributed by atoms with Crippen LogP contribution in [0, 0.1) is 0 Å². The molecule has 2 N–H and O–H groups in total. The molecule has 0 aromatic carbocycles. The van der Waals surface area contributed by atoms with Gasteiger partial charge in [0.15, 0.2) is 0 Å². The second-order valence-corrected chi connectivity index (χ2v) is 3.95. The molecule has 1 aromatic rings. The minimum atomic E-state index is -4.30. The molecular weight excluding hydrogens is 199 g/mol. The van der Waals surface area contributed by atoms with Gasteiger partial charge in [0, 0.05) is 0 Å². The van der Waals surface area contributed by atoms with Gasteiger partial charge in [-0.3, -0.25) is 4.98 Å². The van der Waals surface area contributed by atoms with Gasteiger partial charge in [-0.15, -0.1) is 0 Å². The van der Waals surface area contributed by atoms with Crippen LogP contribution in [0.25, 0.3) is 0 Å². The van der Waals surface area contributed by atoms with Gasteiger partial charge in [0.25, 0.3) is 0 Å². The van der Waals surface area contributed by atoms with Crippen LogP contribution >= 0.6 is 7.94 Å². The van der Waals surface area contributed by atoms with Crippen molar-refractivity contribution in [3.05, 3.63) is 11.8 Å². The van der Waals surface area contributed by atoms with E-state index in [-0.39, 0.29) is 5.69 Å². The Morgan fingerprint density at radius 3 is 2.38 bits per heavy atom. The van der Waals surface area contributed by atoms with E-state index in [1.165, 1.54) is 0 Å². The molecule has 0 radical (unpaired) electrons. The predicted octanol–water partition coefficient (Wildman–Crippen LogP) is -2.77. The van der Waals surface area contributed by atoms with Crippen LogP contribution in [0.4, 0.5) is 0 Å². The Hall–Kier alpha value is -1.01. The molecule has 1 heterocycles. The minimum Gasteiger partial charge on any atom is -0.859 e. The average molecular weight is 204 g/mol. The third-order valence-corrected chi connectivity index (χ3v) is 1.84. The van der Waals surface area contributed by atoms with Crippen molar-refractivity contribution in [2.24, 2.45) is 0 Å². The van der Waals surface area contributed by atoms with Crippen LogP contribution in [0.1, 0.15) is 5.69 Å². The maximum Gasteiger partial charge on any atom is 0.236 e. The van der Waals surface area contributed by atoms with Crippen molar-refractivity contribution in [1.82, 2.24) is 9.97 Å². The van der Waals surface area contributed by atoms with Crippen LogP contribution in [0.5, 0.6) is 11.9 Å². The van der Waals surface area contributed by atoms with Gasteiger partial charge in [0.2, 0.25) is 7.94 Å².